The Morgan fingerprint density at radius 2 is 2.25 bits per heavy atom. The van der Waals surface area contributed by atoms with Crippen molar-refractivity contribution in [2.45, 2.75) is 25.4 Å². The van der Waals surface area contributed by atoms with Crippen molar-refractivity contribution < 1.29 is 9.53 Å². The third-order valence-corrected chi connectivity index (χ3v) is 4.88. The lowest BCUT2D eigenvalue weighted by atomic mass is 10.2. The van der Waals surface area contributed by atoms with Crippen LogP contribution in [-0.4, -0.2) is 55.2 Å². The molecule has 1 amide bonds. The fourth-order valence-electron chi connectivity index (χ4n) is 2.78. The third kappa shape index (κ3) is 2.96. The normalized spacial score (nSPS) is 21.6. The van der Waals surface area contributed by atoms with Crippen LogP contribution in [0.2, 0.25) is 0 Å². The highest BCUT2D eigenvalue weighted by Gasteiger charge is 2.38. The summed E-state index contributed by atoms with van der Waals surface area (Å²) in [5, 5.41) is 3.06. The Hall–Kier alpha value is -1.14. The second-order valence-corrected chi connectivity index (χ2v) is 6.35. The van der Waals surface area contributed by atoms with Gasteiger partial charge in [0.2, 0.25) is 0 Å². The number of anilines is 1. The van der Waals surface area contributed by atoms with Gasteiger partial charge in [-0.15, -0.1) is 11.3 Å². The number of carbonyl (C=O) groups is 1. The maximum absolute atomic E-state index is 12.5. The maximum atomic E-state index is 12.5. The summed E-state index contributed by atoms with van der Waals surface area (Å²) in [6.07, 6.45) is 4.86. The molecule has 1 saturated heterocycles. The van der Waals surface area contributed by atoms with Gasteiger partial charge in [-0.3, -0.25) is 4.79 Å². The molecular formula is C14H21N3O2S. The molecule has 1 atom stereocenters. The van der Waals surface area contributed by atoms with Gasteiger partial charge in [0.05, 0.1) is 0 Å². The van der Waals surface area contributed by atoms with E-state index in [1.807, 2.05) is 16.5 Å². The first-order valence-corrected chi connectivity index (χ1v) is 8.13. The monoisotopic (exact) mass is 295 g/mol. The Labute approximate surface area is 123 Å². The largest absolute Gasteiger partial charge is 0.371 e. The van der Waals surface area contributed by atoms with E-state index in [-0.39, 0.29) is 12.0 Å². The number of methoxy groups -OCH3 is 1. The van der Waals surface area contributed by atoms with E-state index in [9.17, 15) is 4.79 Å². The molecule has 20 heavy (non-hydrogen) atoms. The van der Waals surface area contributed by atoms with Gasteiger partial charge in [0.25, 0.3) is 5.91 Å². The molecule has 3 rings (SSSR count). The third-order valence-electron chi connectivity index (χ3n) is 4.04. The first kappa shape index (κ1) is 13.8. The molecule has 0 aromatic carbocycles. The van der Waals surface area contributed by atoms with Crippen LogP contribution in [0.3, 0.4) is 0 Å². The highest BCUT2D eigenvalue weighted by Crippen LogP contribution is 2.35. The van der Waals surface area contributed by atoms with Crippen LogP contribution in [-0.2, 0) is 9.53 Å². The molecule has 1 aliphatic heterocycles. The molecule has 1 aromatic heterocycles. The lowest BCUT2D eigenvalue weighted by molar-refractivity contribution is -0.143. The molecule has 1 aliphatic carbocycles. The zero-order valence-electron chi connectivity index (χ0n) is 11.8. The number of ether oxygens (including phenoxy) is 1. The van der Waals surface area contributed by atoms with Crippen molar-refractivity contribution in [1.82, 2.24) is 9.88 Å². The predicted octanol–water partition coefficient (Wildman–Crippen LogP) is 1.61. The fraction of sp³-hybridized carbons (Fsp3) is 0.714. The Morgan fingerprint density at radius 1 is 1.40 bits per heavy atom. The summed E-state index contributed by atoms with van der Waals surface area (Å²) in [6, 6.07) is 0. The minimum atomic E-state index is -0.221. The number of thiazole rings is 1. The molecule has 1 aromatic rings. The number of rotatable bonds is 4. The van der Waals surface area contributed by atoms with E-state index in [1.54, 1.807) is 18.4 Å². The van der Waals surface area contributed by atoms with E-state index in [0.29, 0.717) is 5.92 Å². The molecule has 0 bridgehead atoms. The van der Waals surface area contributed by atoms with E-state index in [1.165, 1.54) is 0 Å². The van der Waals surface area contributed by atoms with Gasteiger partial charge in [0.15, 0.2) is 5.13 Å². The van der Waals surface area contributed by atoms with Crippen LogP contribution >= 0.6 is 11.3 Å². The second kappa shape index (κ2) is 6.10. The number of hydrogen-bond acceptors (Lipinski definition) is 5. The molecule has 0 spiro atoms. The van der Waals surface area contributed by atoms with E-state index < -0.39 is 0 Å². The average Bonchev–Trinajstić information content (AvgIpc) is 3.20. The van der Waals surface area contributed by atoms with Gasteiger partial charge in [-0.25, -0.2) is 4.98 Å². The molecule has 6 heteroatoms. The summed E-state index contributed by atoms with van der Waals surface area (Å²) in [6.45, 7) is 3.43. The van der Waals surface area contributed by atoms with Gasteiger partial charge in [-0.1, -0.05) is 0 Å². The molecule has 2 heterocycles. The molecule has 2 aliphatic rings. The molecule has 0 N–H and O–H groups in total. The number of carbonyl (C=O) groups excluding carboxylic acids is 1. The summed E-state index contributed by atoms with van der Waals surface area (Å²) in [7, 11) is 1.65. The van der Waals surface area contributed by atoms with Gasteiger partial charge in [-0.05, 0) is 25.2 Å². The van der Waals surface area contributed by atoms with E-state index >= 15 is 0 Å². The Balaban J connectivity index is 1.60. The standard InChI is InChI=1S/C14H21N3O2S/c1-19-12(11-3-4-11)13(18)16-6-2-7-17(9-8-16)14-15-5-10-20-14/h5,10-12H,2-4,6-9H2,1H3/t12-/m1/s1. The molecular weight excluding hydrogens is 274 g/mol. The van der Waals surface area contributed by atoms with Crippen molar-refractivity contribution in [3.63, 3.8) is 0 Å². The van der Waals surface area contributed by atoms with Gasteiger partial charge < -0.3 is 14.5 Å². The highest BCUT2D eigenvalue weighted by molar-refractivity contribution is 7.13. The van der Waals surface area contributed by atoms with Crippen LogP contribution < -0.4 is 4.90 Å². The topological polar surface area (TPSA) is 45.7 Å². The Morgan fingerprint density at radius 3 is 2.90 bits per heavy atom. The van der Waals surface area contributed by atoms with Crippen LogP contribution in [0, 0.1) is 5.92 Å². The summed E-state index contributed by atoms with van der Waals surface area (Å²) in [5.41, 5.74) is 0. The van der Waals surface area contributed by atoms with Crippen molar-refractivity contribution in [2.75, 3.05) is 38.2 Å². The minimum Gasteiger partial charge on any atom is -0.371 e. The zero-order valence-corrected chi connectivity index (χ0v) is 12.6. The molecule has 2 fully saturated rings. The van der Waals surface area contributed by atoms with Crippen LogP contribution in [0.1, 0.15) is 19.3 Å². The van der Waals surface area contributed by atoms with Crippen molar-refractivity contribution in [2.24, 2.45) is 5.92 Å². The van der Waals surface area contributed by atoms with Gasteiger partial charge in [0.1, 0.15) is 6.10 Å². The summed E-state index contributed by atoms with van der Waals surface area (Å²) >= 11 is 1.66. The maximum Gasteiger partial charge on any atom is 0.252 e. The lowest BCUT2D eigenvalue weighted by Crippen LogP contribution is -2.43. The lowest BCUT2D eigenvalue weighted by Gasteiger charge is -2.25. The summed E-state index contributed by atoms with van der Waals surface area (Å²) < 4.78 is 5.41. The molecule has 0 unspecified atom stereocenters. The van der Waals surface area contributed by atoms with E-state index in [4.69, 9.17) is 4.74 Å². The molecule has 110 valence electrons. The van der Waals surface area contributed by atoms with Crippen molar-refractivity contribution in [3.05, 3.63) is 11.6 Å². The Bertz CT molecular complexity index is 447. The number of nitrogens with zero attached hydrogens (tertiary/aromatic N) is 3. The van der Waals surface area contributed by atoms with Crippen LogP contribution in [0.25, 0.3) is 0 Å². The highest BCUT2D eigenvalue weighted by atomic mass is 32.1. The van der Waals surface area contributed by atoms with Crippen molar-refractivity contribution in [3.8, 4) is 0 Å². The van der Waals surface area contributed by atoms with Gasteiger partial charge in [0, 0.05) is 44.9 Å². The van der Waals surface area contributed by atoms with Crippen molar-refractivity contribution in [1.29, 1.82) is 0 Å². The first-order chi connectivity index (χ1) is 9.79. The molecule has 0 radical (unpaired) electrons. The Kier molecular flexibility index (Phi) is 4.21. The summed E-state index contributed by atoms with van der Waals surface area (Å²) in [4.78, 5) is 21.1. The fourth-order valence-corrected chi connectivity index (χ4v) is 3.47. The first-order valence-electron chi connectivity index (χ1n) is 7.25. The SMILES string of the molecule is CO[C@@H](C(=O)N1CCCN(c2nccs2)CC1)C1CC1. The molecule has 5 nitrogen and oxygen atoms in total. The number of hydrogen-bond donors (Lipinski definition) is 0. The number of aromatic nitrogens is 1. The van der Waals surface area contributed by atoms with Crippen molar-refractivity contribution >= 4 is 22.4 Å². The van der Waals surface area contributed by atoms with Crippen LogP contribution in [0.5, 0.6) is 0 Å². The average molecular weight is 295 g/mol. The van der Waals surface area contributed by atoms with Crippen LogP contribution in [0.15, 0.2) is 11.6 Å². The predicted molar refractivity (Wildman–Crippen MR) is 79.0 cm³/mol. The van der Waals surface area contributed by atoms with Crippen LogP contribution in [0.4, 0.5) is 5.13 Å². The minimum absolute atomic E-state index is 0.177. The quantitative estimate of drug-likeness (QED) is 0.846. The zero-order chi connectivity index (χ0) is 13.9. The van der Waals surface area contributed by atoms with Gasteiger partial charge >= 0.3 is 0 Å². The molecule has 1 saturated carbocycles. The van der Waals surface area contributed by atoms with E-state index in [0.717, 1.165) is 50.6 Å². The summed E-state index contributed by atoms with van der Waals surface area (Å²) in [5.74, 6) is 0.627. The smallest absolute Gasteiger partial charge is 0.252 e. The van der Waals surface area contributed by atoms with Gasteiger partial charge in [-0.2, -0.15) is 0 Å². The number of amides is 1. The second-order valence-electron chi connectivity index (χ2n) is 5.47. The van der Waals surface area contributed by atoms with E-state index in [2.05, 4.69) is 9.88 Å².